The van der Waals surface area contributed by atoms with Crippen LogP contribution >= 0.6 is 0 Å². The third-order valence-electron chi connectivity index (χ3n) is 4.73. The number of aliphatic hydroxyl groups is 1. The van der Waals surface area contributed by atoms with E-state index in [1.54, 1.807) is 13.1 Å². The van der Waals surface area contributed by atoms with Crippen LogP contribution < -0.4 is 5.32 Å². The van der Waals surface area contributed by atoms with Crippen molar-refractivity contribution >= 4 is 5.91 Å². The highest BCUT2D eigenvalue weighted by atomic mass is 19.1. The molecule has 0 radical (unpaired) electrons. The van der Waals surface area contributed by atoms with Gasteiger partial charge in [-0.1, -0.05) is 48.5 Å². The monoisotopic (exact) mass is 378 g/mol. The van der Waals surface area contributed by atoms with Crippen LogP contribution in [0, 0.1) is 5.82 Å². The van der Waals surface area contributed by atoms with Crippen LogP contribution in [0.1, 0.15) is 29.7 Å². The van der Waals surface area contributed by atoms with Gasteiger partial charge in [0.1, 0.15) is 11.4 Å². The van der Waals surface area contributed by atoms with Gasteiger partial charge < -0.3 is 10.4 Å². The standard InChI is InChI=1S/C23H23FN2O2/c1-23(28,18-10-12-19(24)13-11-18)16-26-22(27)21(17-7-3-2-4-8-17)15-20-9-5-6-14-25-20/h2-14,21,28H,15-16H2,1H3,(H,26,27). The molecule has 2 aromatic carbocycles. The Morgan fingerprint density at radius 1 is 1.07 bits per heavy atom. The molecular weight excluding hydrogens is 355 g/mol. The van der Waals surface area contributed by atoms with Gasteiger partial charge in [-0.15, -0.1) is 0 Å². The summed E-state index contributed by atoms with van der Waals surface area (Å²) in [6.07, 6.45) is 2.16. The van der Waals surface area contributed by atoms with Crippen molar-refractivity contribution in [2.75, 3.05) is 6.54 Å². The van der Waals surface area contributed by atoms with Crippen molar-refractivity contribution in [3.8, 4) is 0 Å². The molecule has 0 bridgehead atoms. The minimum atomic E-state index is -1.31. The Hall–Kier alpha value is -3.05. The molecule has 3 rings (SSSR count). The summed E-state index contributed by atoms with van der Waals surface area (Å²) in [5, 5.41) is 13.6. The largest absolute Gasteiger partial charge is 0.384 e. The lowest BCUT2D eigenvalue weighted by Gasteiger charge is -2.26. The number of hydrogen-bond donors (Lipinski definition) is 2. The van der Waals surface area contributed by atoms with E-state index in [9.17, 15) is 14.3 Å². The maximum atomic E-state index is 13.1. The maximum Gasteiger partial charge on any atom is 0.228 e. The van der Waals surface area contributed by atoms with Gasteiger partial charge in [-0.2, -0.15) is 0 Å². The summed E-state index contributed by atoms with van der Waals surface area (Å²) < 4.78 is 13.1. The van der Waals surface area contributed by atoms with Crippen molar-refractivity contribution in [1.82, 2.24) is 10.3 Å². The summed E-state index contributed by atoms with van der Waals surface area (Å²) in [6, 6.07) is 20.7. The number of amides is 1. The second-order valence-electron chi connectivity index (χ2n) is 6.99. The summed E-state index contributed by atoms with van der Waals surface area (Å²) >= 11 is 0. The van der Waals surface area contributed by atoms with E-state index in [1.807, 2.05) is 48.5 Å². The first-order valence-corrected chi connectivity index (χ1v) is 9.17. The summed E-state index contributed by atoms with van der Waals surface area (Å²) in [6.45, 7) is 1.61. The van der Waals surface area contributed by atoms with Gasteiger partial charge >= 0.3 is 0 Å². The molecule has 0 aliphatic rings. The number of hydrogen-bond acceptors (Lipinski definition) is 3. The number of halogens is 1. The van der Waals surface area contributed by atoms with Crippen LogP contribution in [0.3, 0.4) is 0 Å². The van der Waals surface area contributed by atoms with Crippen molar-refractivity contribution in [2.45, 2.75) is 24.9 Å². The van der Waals surface area contributed by atoms with Gasteiger partial charge in [-0.25, -0.2) is 4.39 Å². The molecule has 0 aliphatic carbocycles. The van der Waals surface area contributed by atoms with Gasteiger partial charge in [0.05, 0.1) is 12.5 Å². The van der Waals surface area contributed by atoms with Gasteiger partial charge in [0.15, 0.2) is 0 Å². The molecule has 3 aromatic rings. The second-order valence-corrected chi connectivity index (χ2v) is 6.99. The van der Waals surface area contributed by atoms with Gasteiger partial charge in [0.25, 0.3) is 0 Å². The van der Waals surface area contributed by atoms with Gasteiger partial charge in [0.2, 0.25) is 5.91 Å². The lowest BCUT2D eigenvalue weighted by molar-refractivity contribution is -0.123. The summed E-state index contributed by atoms with van der Waals surface area (Å²) in [4.78, 5) is 17.3. The molecular formula is C23H23FN2O2. The first-order valence-electron chi connectivity index (χ1n) is 9.17. The van der Waals surface area contributed by atoms with Crippen LogP contribution in [0.5, 0.6) is 0 Å². The molecule has 5 heteroatoms. The van der Waals surface area contributed by atoms with Gasteiger partial charge in [0, 0.05) is 18.3 Å². The quantitative estimate of drug-likeness (QED) is 0.661. The van der Waals surface area contributed by atoms with Crippen LogP contribution in [0.4, 0.5) is 4.39 Å². The van der Waals surface area contributed by atoms with E-state index in [0.29, 0.717) is 12.0 Å². The van der Waals surface area contributed by atoms with E-state index < -0.39 is 11.5 Å². The van der Waals surface area contributed by atoms with Crippen molar-refractivity contribution in [1.29, 1.82) is 0 Å². The molecule has 144 valence electrons. The average molecular weight is 378 g/mol. The zero-order valence-electron chi connectivity index (χ0n) is 15.7. The number of aromatic nitrogens is 1. The van der Waals surface area contributed by atoms with Crippen LogP contribution in [-0.2, 0) is 16.8 Å². The Bertz CT molecular complexity index is 897. The van der Waals surface area contributed by atoms with Crippen molar-refractivity contribution < 1.29 is 14.3 Å². The number of carbonyl (C=O) groups excluding carboxylic acids is 1. The number of benzene rings is 2. The highest BCUT2D eigenvalue weighted by Gasteiger charge is 2.27. The zero-order valence-corrected chi connectivity index (χ0v) is 15.7. The number of nitrogens with one attached hydrogen (secondary N) is 1. The predicted molar refractivity (Wildman–Crippen MR) is 106 cm³/mol. The summed E-state index contributed by atoms with van der Waals surface area (Å²) in [7, 11) is 0. The van der Waals surface area contributed by atoms with E-state index in [2.05, 4.69) is 10.3 Å². The normalized spacial score (nSPS) is 14.1. The second kappa shape index (κ2) is 8.76. The lowest BCUT2D eigenvalue weighted by atomic mass is 9.92. The first-order chi connectivity index (χ1) is 13.5. The molecule has 0 saturated heterocycles. The highest BCUT2D eigenvalue weighted by molar-refractivity contribution is 5.84. The number of pyridine rings is 1. The van der Waals surface area contributed by atoms with E-state index >= 15 is 0 Å². The third kappa shape index (κ3) is 5.02. The van der Waals surface area contributed by atoms with E-state index in [0.717, 1.165) is 11.3 Å². The summed E-state index contributed by atoms with van der Waals surface area (Å²) in [5.74, 6) is -0.998. The Balaban J connectivity index is 1.74. The first kappa shape index (κ1) is 19.7. The Kier molecular flexibility index (Phi) is 6.16. The third-order valence-corrected chi connectivity index (χ3v) is 4.73. The van der Waals surface area contributed by atoms with Crippen LogP contribution in [0.25, 0.3) is 0 Å². The fraction of sp³-hybridized carbons (Fsp3) is 0.217. The molecule has 0 aliphatic heterocycles. The van der Waals surface area contributed by atoms with E-state index in [4.69, 9.17) is 0 Å². The van der Waals surface area contributed by atoms with Crippen molar-refractivity contribution in [3.05, 3.63) is 102 Å². The molecule has 0 saturated carbocycles. The Morgan fingerprint density at radius 2 is 1.75 bits per heavy atom. The average Bonchev–Trinajstić information content (AvgIpc) is 2.72. The highest BCUT2D eigenvalue weighted by Crippen LogP contribution is 2.23. The molecule has 0 fully saturated rings. The molecule has 1 heterocycles. The molecule has 1 aromatic heterocycles. The van der Waals surface area contributed by atoms with Crippen LogP contribution in [0.15, 0.2) is 79.0 Å². The van der Waals surface area contributed by atoms with Gasteiger partial charge in [-0.05, 0) is 42.3 Å². The minimum absolute atomic E-state index is 0.0169. The molecule has 2 unspecified atom stereocenters. The fourth-order valence-electron chi connectivity index (χ4n) is 3.07. The Labute approximate surface area is 164 Å². The SMILES string of the molecule is CC(O)(CNC(=O)C(Cc1ccccn1)c1ccccc1)c1ccc(F)cc1. The van der Waals surface area contributed by atoms with E-state index in [1.165, 1.54) is 24.3 Å². The Morgan fingerprint density at radius 3 is 2.39 bits per heavy atom. The topological polar surface area (TPSA) is 62.2 Å². The maximum absolute atomic E-state index is 13.1. The van der Waals surface area contributed by atoms with E-state index in [-0.39, 0.29) is 18.3 Å². The number of carbonyl (C=O) groups is 1. The van der Waals surface area contributed by atoms with Crippen LogP contribution in [-0.4, -0.2) is 22.5 Å². The molecule has 0 spiro atoms. The van der Waals surface area contributed by atoms with Crippen molar-refractivity contribution in [2.24, 2.45) is 0 Å². The van der Waals surface area contributed by atoms with Crippen LogP contribution in [0.2, 0.25) is 0 Å². The minimum Gasteiger partial charge on any atom is -0.384 e. The molecule has 4 nitrogen and oxygen atoms in total. The lowest BCUT2D eigenvalue weighted by Crippen LogP contribution is -2.41. The number of nitrogens with zero attached hydrogens (tertiary/aromatic N) is 1. The fourth-order valence-corrected chi connectivity index (χ4v) is 3.07. The molecule has 2 atom stereocenters. The smallest absolute Gasteiger partial charge is 0.228 e. The predicted octanol–water partition coefficient (Wildman–Crippen LogP) is 3.57. The zero-order chi connectivity index (χ0) is 20.0. The molecule has 1 amide bonds. The van der Waals surface area contributed by atoms with Gasteiger partial charge in [-0.3, -0.25) is 9.78 Å². The summed E-state index contributed by atoms with van der Waals surface area (Å²) in [5.41, 5.74) is 0.925. The molecule has 28 heavy (non-hydrogen) atoms. The molecule has 2 N–H and O–H groups in total. The van der Waals surface area contributed by atoms with Crippen molar-refractivity contribution in [3.63, 3.8) is 0 Å². The number of rotatable bonds is 7.